The van der Waals surface area contributed by atoms with Crippen LogP contribution in [-0.4, -0.2) is 15.9 Å². The fourth-order valence-corrected chi connectivity index (χ4v) is 1.70. The van der Waals surface area contributed by atoms with Gasteiger partial charge in [0.1, 0.15) is 0 Å². The van der Waals surface area contributed by atoms with E-state index in [1.165, 1.54) is 0 Å². The smallest absolute Gasteiger partial charge is 0.0678 e. The van der Waals surface area contributed by atoms with E-state index in [9.17, 15) is 14.1 Å². The molecule has 3 nitrogen and oxygen atoms in total. The van der Waals surface area contributed by atoms with Gasteiger partial charge >= 0.3 is 0 Å². The minimum Gasteiger partial charge on any atom is -0.549 e. The molecule has 0 saturated heterocycles. The van der Waals surface area contributed by atoms with Crippen molar-refractivity contribution in [1.82, 2.24) is 0 Å². The number of rotatable bonds is 3. The van der Waals surface area contributed by atoms with E-state index in [1.807, 2.05) is 6.92 Å². The first-order valence-electron chi connectivity index (χ1n) is 3.74. The van der Waals surface area contributed by atoms with E-state index in [0.29, 0.717) is 4.90 Å². The van der Waals surface area contributed by atoms with Gasteiger partial charge in [0.15, 0.2) is 0 Å². The Bertz CT molecular complexity index is 329. The molecule has 1 rings (SSSR count). The van der Waals surface area contributed by atoms with Crippen molar-refractivity contribution < 1.29 is 14.1 Å². The molecule has 0 aliphatic heterocycles. The molecule has 4 heteroatoms. The van der Waals surface area contributed by atoms with Gasteiger partial charge in [0.25, 0.3) is 0 Å². The van der Waals surface area contributed by atoms with Crippen LogP contribution in [0.5, 0.6) is 0 Å². The number of hydrogen-bond acceptors (Lipinski definition) is 3. The van der Waals surface area contributed by atoms with Crippen LogP contribution in [-0.2, 0) is 15.6 Å². The Morgan fingerprint density at radius 2 is 1.92 bits per heavy atom. The topological polar surface area (TPSA) is 57.2 Å². The summed E-state index contributed by atoms with van der Waals surface area (Å²) in [5.74, 6) is -1.73. The lowest BCUT2D eigenvalue weighted by molar-refractivity contribution is -0.301. The highest BCUT2D eigenvalue weighted by atomic mass is 32.2. The molecule has 0 N–H and O–H groups in total. The minimum atomic E-state index is -1.48. The van der Waals surface area contributed by atoms with Crippen LogP contribution in [0.2, 0.25) is 0 Å². The van der Waals surface area contributed by atoms with Crippen LogP contribution >= 0.6 is 0 Å². The number of carbonyl (C=O) groups is 1. The molecule has 1 aromatic carbocycles. The first-order valence-corrected chi connectivity index (χ1v) is 5.06. The molecule has 0 aromatic heterocycles. The summed E-state index contributed by atoms with van der Waals surface area (Å²) < 4.78 is 11.3. The van der Waals surface area contributed by atoms with Crippen molar-refractivity contribution in [1.29, 1.82) is 0 Å². The van der Waals surface area contributed by atoms with Crippen molar-refractivity contribution in [2.75, 3.05) is 5.75 Å². The molecule has 0 heterocycles. The maximum absolute atomic E-state index is 11.3. The Morgan fingerprint density at radius 1 is 1.38 bits per heavy atom. The molecule has 0 spiro atoms. The van der Waals surface area contributed by atoms with Crippen molar-refractivity contribution in [3.05, 3.63) is 29.8 Å². The van der Waals surface area contributed by atoms with E-state index < -0.39 is 22.5 Å². The highest BCUT2D eigenvalue weighted by molar-refractivity contribution is 7.85. The lowest BCUT2D eigenvalue weighted by atomic mass is 10.2. The van der Waals surface area contributed by atoms with Crippen LogP contribution in [0.3, 0.4) is 0 Å². The van der Waals surface area contributed by atoms with Gasteiger partial charge in [-0.25, -0.2) is 0 Å². The van der Waals surface area contributed by atoms with Gasteiger partial charge in [-0.2, -0.15) is 0 Å². The number of benzene rings is 1. The van der Waals surface area contributed by atoms with Crippen molar-refractivity contribution in [2.24, 2.45) is 0 Å². The summed E-state index contributed by atoms with van der Waals surface area (Å²) in [6.45, 7) is 1.91. The van der Waals surface area contributed by atoms with Crippen molar-refractivity contribution in [3.63, 3.8) is 0 Å². The number of carbonyl (C=O) groups excluding carboxylic acids is 1. The average Bonchev–Trinajstić information content (AvgIpc) is 2.04. The van der Waals surface area contributed by atoms with Gasteiger partial charge in [-0.15, -0.1) is 0 Å². The molecule has 0 bridgehead atoms. The Kier molecular flexibility index (Phi) is 3.19. The summed E-state index contributed by atoms with van der Waals surface area (Å²) in [6.07, 6.45) is 0. The summed E-state index contributed by atoms with van der Waals surface area (Å²) in [7, 11) is -1.48. The number of carboxylic acid groups (broad SMARTS) is 1. The average molecular weight is 197 g/mol. The Hall–Kier alpha value is -1.16. The summed E-state index contributed by atoms with van der Waals surface area (Å²) in [5.41, 5.74) is 1.05. The summed E-state index contributed by atoms with van der Waals surface area (Å²) in [4.78, 5) is 10.7. The van der Waals surface area contributed by atoms with E-state index in [2.05, 4.69) is 0 Å². The summed E-state index contributed by atoms with van der Waals surface area (Å²) in [5, 5.41) is 10.1. The van der Waals surface area contributed by atoms with Crippen molar-refractivity contribution in [3.8, 4) is 0 Å². The third-order valence-corrected chi connectivity index (χ3v) is 2.83. The molecular formula is C9H9O3S-. The molecule has 0 fully saturated rings. The normalized spacial score (nSPS) is 12.4. The Balaban J connectivity index is 2.78. The molecule has 1 atom stereocenters. The van der Waals surface area contributed by atoms with Gasteiger partial charge in [0.05, 0.1) is 22.5 Å². The first-order chi connectivity index (χ1) is 6.09. The van der Waals surface area contributed by atoms with Gasteiger partial charge < -0.3 is 9.90 Å². The van der Waals surface area contributed by atoms with E-state index in [-0.39, 0.29) is 0 Å². The Labute approximate surface area is 78.9 Å². The van der Waals surface area contributed by atoms with Crippen LogP contribution in [0.15, 0.2) is 29.2 Å². The van der Waals surface area contributed by atoms with E-state index in [1.54, 1.807) is 24.3 Å². The fourth-order valence-electron chi connectivity index (χ4n) is 0.880. The standard InChI is InChI=1S/C9H10O3S/c1-7-2-4-8(5-3-7)13(12)6-9(10)11/h2-5H,6H2,1H3,(H,10,11)/p-1. The molecule has 13 heavy (non-hydrogen) atoms. The SMILES string of the molecule is Cc1ccc(S(=O)CC(=O)[O-])cc1. The van der Waals surface area contributed by atoms with E-state index in [0.717, 1.165) is 5.56 Å². The van der Waals surface area contributed by atoms with Gasteiger partial charge in [-0.05, 0) is 19.1 Å². The van der Waals surface area contributed by atoms with Gasteiger partial charge in [-0.1, -0.05) is 17.7 Å². The number of hydrogen-bond donors (Lipinski definition) is 0. The zero-order valence-electron chi connectivity index (χ0n) is 7.15. The largest absolute Gasteiger partial charge is 0.549 e. The third-order valence-electron chi connectivity index (χ3n) is 1.53. The monoisotopic (exact) mass is 197 g/mol. The molecule has 0 aliphatic carbocycles. The number of carboxylic acids is 1. The predicted octanol–water partition coefficient (Wildman–Crippen LogP) is -0.147. The highest BCUT2D eigenvalue weighted by Crippen LogP contribution is 2.07. The number of aliphatic carboxylic acids is 1. The lowest BCUT2D eigenvalue weighted by Gasteiger charge is -2.02. The zero-order chi connectivity index (χ0) is 9.84. The van der Waals surface area contributed by atoms with Crippen molar-refractivity contribution >= 4 is 16.8 Å². The Morgan fingerprint density at radius 3 is 2.38 bits per heavy atom. The lowest BCUT2D eigenvalue weighted by Crippen LogP contribution is -2.28. The molecule has 70 valence electrons. The van der Waals surface area contributed by atoms with Crippen LogP contribution in [0.1, 0.15) is 5.56 Å². The molecule has 1 aromatic rings. The quantitative estimate of drug-likeness (QED) is 0.677. The second-order valence-corrected chi connectivity index (χ2v) is 4.13. The van der Waals surface area contributed by atoms with Crippen molar-refractivity contribution in [2.45, 2.75) is 11.8 Å². The maximum atomic E-state index is 11.3. The molecule has 0 amide bonds. The predicted molar refractivity (Wildman–Crippen MR) is 47.5 cm³/mol. The van der Waals surface area contributed by atoms with Crippen LogP contribution in [0, 0.1) is 6.92 Å². The van der Waals surface area contributed by atoms with Gasteiger partial charge in [0.2, 0.25) is 0 Å². The molecule has 0 aliphatic rings. The molecule has 0 radical (unpaired) electrons. The van der Waals surface area contributed by atoms with E-state index >= 15 is 0 Å². The molecular weight excluding hydrogens is 188 g/mol. The highest BCUT2D eigenvalue weighted by Gasteiger charge is 2.02. The third kappa shape index (κ3) is 2.99. The van der Waals surface area contributed by atoms with Crippen LogP contribution < -0.4 is 5.11 Å². The fraction of sp³-hybridized carbons (Fsp3) is 0.222. The number of aryl methyl sites for hydroxylation is 1. The van der Waals surface area contributed by atoms with E-state index in [4.69, 9.17) is 0 Å². The van der Waals surface area contributed by atoms with Crippen LogP contribution in [0.25, 0.3) is 0 Å². The maximum Gasteiger partial charge on any atom is 0.0678 e. The zero-order valence-corrected chi connectivity index (χ0v) is 7.97. The summed E-state index contributed by atoms with van der Waals surface area (Å²) in [6, 6.07) is 6.91. The minimum absolute atomic E-state index is 0.441. The molecule has 0 saturated carbocycles. The second kappa shape index (κ2) is 4.18. The van der Waals surface area contributed by atoms with Gasteiger partial charge in [0, 0.05) is 4.90 Å². The second-order valence-electron chi connectivity index (χ2n) is 2.67. The molecule has 1 unspecified atom stereocenters. The van der Waals surface area contributed by atoms with Gasteiger partial charge in [-0.3, -0.25) is 4.21 Å². The summed E-state index contributed by atoms with van der Waals surface area (Å²) >= 11 is 0. The first kappa shape index (κ1) is 9.92. The van der Waals surface area contributed by atoms with Crippen LogP contribution in [0.4, 0.5) is 0 Å².